The summed E-state index contributed by atoms with van der Waals surface area (Å²) in [6.45, 7) is 5.20. The topological polar surface area (TPSA) is 49.6 Å². The average Bonchev–Trinajstić information content (AvgIpc) is 2.75. The van der Waals surface area contributed by atoms with Crippen LogP contribution in [0.25, 0.3) is 5.65 Å². The Hall–Kier alpha value is -1.10. The number of nitrogens with one attached hydrogen (secondary N) is 1. The lowest BCUT2D eigenvalue weighted by Gasteiger charge is -2.20. The van der Waals surface area contributed by atoms with E-state index in [-0.39, 0.29) is 6.61 Å². The van der Waals surface area contributed by atoms with Crippen molar-refractivity contribution in [1.29, 1.82) is 0 Å². The number of fused-ring (bicyclic) bond motifs is 1. The molecule has 5 heteroatoms. The molecule has 1 atom stereocenters. The SMILES string of the molecule is CC(C)C(CCO)NCc1cn2cc(Cl)ccc2n1. The Morgan fingerprint density at radius 3 is 2.84 bits per heavy atom. The molecule has 0 fully saturated rings. The molecule has 0 saturated heterocycles. The fraction of sp³-hybridized carbons (Fsp3) is 0.500. The van der Waals surface area contributed by atoms with Crippen LogP contribution in [0.15, 0.2) is 24.5 Å². The van der Waals surface area contributed by atoms with E-state index < -0.39 is 0 Å². The molecule has 0 spiro atoms. The molecule has 19 heavy (non-hydrogen) atoms. The molecule has 0 aliphatic rings. The zero-order valence-electron chi connectivity index (χ0n) is 11.3. The van der Waals surface area contributed by atoms with Gasteiger partial charge in [-0.05, 0) is 24.5 Å². The molecule has 0 aliphatic carbocycles. The Balaban J connectivity index is 2.04. The lowest BCUT2D eigenvalue weighted by Crippen LogP contribution is -2.34. The molecular weight excluding hydrogens is 262 g/mol. The van der Waals surface area contributed by atoms with E-state index in [1.165, 1.54) is 0 Å². The van der Waals surface area contributed by atoms with E-state index in [1.54, 1.807) is 0 Å². The van der Waals surface area contributed by atoms with Gasteiger partial charge in [0.25, 0.3) is 0 Å². The maximum absolute atomic E-state index is 9.05. The zero-order valence-corrected chi connectivity index (χ0v) is 12.1. The number of hydrogen-bond donors (Lipinski definition) is 2. The van der Waals surface area contributed by atoms with E-state index in [1.807, 2.05) is 28.9 Å². The minimum atomic E-state index is 0.205. The maximum Gasteiger partial charge on any atom is 0.137 e. The standard InChI is InChI=1S/C14H20ClN3O/c1-10(2)13(5-6-19)16-7-12-9-18-8-11(15)3-4-14(18)17-12/h3-4,8-10,13,16,19H,5-7H2,1-2H3. The van der Waals surface area contributed by atoms with Crippen molar-refractivity contribution >= 4 is 17.2 Å². The molecule has 0 saturated carbocycles. The Kier molecular flexibility index (Phi) is 4.80. The molecule has 0 aromatic carbocycles. The quantitative estimate of drug-likeness (QED) is 0.855. The van der Waals surface area contributed by atoms with Gasteiger partial charge in [-0.1, -0.05) is 25.4 Å². The van der Waals surface area contributed by atoms with Gasteiger partial charge in [-0.25, -0.2) is 4.98 Å². The van der Waals surface area contributed by atoms with Crippen LogP contribution >= 0.6 is 11.6 Å². The molecule has 4 nitrogen and oxygen atoms in total. The van der Waals surface area contributed by atoms with Gasteiger partial charge in [0, 0.05) is 31.6 Å². The third kappa shape index (κ3) is 3.69. The van der Waals surface area contributed by atoms with Crippen molar-refractivity contribution in [3.8, 4) is 0 Å². The molecule has 2 aromatic rings. The van der Waals surface area contributed by atoms with Crippen molar-refractivity contribution < 1.29 is 5.11 Å². The smallest absolute Gasteiger partial charge is 0.137 e. The fourth-order valence-corrected chi connectivity index (χ4v) is 2.32. The molecule has 2 rings (SSSR count). The number of aliphatic hydroxyl groups is 1. The Bertz CT molecular complexity index is 538. The van der Waals surface area contributed by atoms with E-state index in [2.05, 4.69) is 24.1 Å². The van der Waals surface area contributed by atoms with Crippen LogP contribution in [0.3, 0.4) is 0 Å². The van der Waals surface area contributed by atoms with Crippen LogP contribution in [0.4, 0.5) is 0 Å². The van der Waals surface area contributed by atoms with E-state index in [0.717, 1.165) is 17.8 Å². The zero-order chi connectivity index (χ0) is 13.8. The molecule has 2 heterocycles. The van der Waals surface area contributed by atoms with Gasteiger partial charge in [0.2, 0.25) is 0 Å². The first kappa shape index (κ1) is 14.3. The second-order valence-electron chi connectivity index (χ2n) is 5.09. The second kappa shape index (κ2) is 6.37. The van der Waals surface area contributed by atoms with Gasteiger partial charge >= 0.3 is 0 Å². The van der Waals surface area contributed by atoms with Gasteiger partial charge in [0.1, 0.15) is 5.65 Å². The highest BCUT2D eigenvalue weighted by Gasteiger charge is 2.12. The van der Waals surface area contributed by atoms with E-state index >= 15 is 0 Å². The van der Waals surface area contributed by atoms with Crippen LogP contribution in [0, 0.1) is 5.92 Å². The molecule has 0 aliphatic heterocycles. The summed E-state index contributed by atoms with van der Waals surface area (Å²) in [7, 11) is 0. The van der Waals surface area contributed by atoms with E-state index in [0.29, 0.717) is 23.5 Å². The molecule has 0 amide bonds. The molecule has 0 radical (unpaired) electrons. The first-order valence-electron chi connectivity index (χ1n) is 6.57. The van der Waals surface area contributed by atoms with Crippen LogP contribution in [-0.4, -0.2) is 27.1 Å². The molecular formula is C14H20ClN3O. The lowest BCUT2D eigenvalue weighted by atomic mass is 10.0. The third-order valence-corrected chi connectivity index (χ3v) is 3.48. The van der Waals surface area contributed by atoms with E-state index in [4.69, 9.17) is 16.7 Å². The van der Waals surface area contributed by atoms with Gasteiger partial charge in [0.05, 0.1) is 10.7 Å². The Labute approximate surface area is 118 Å². The molecule has 0 bridgehead atoms. The Morgan fingerprint density at radius 2 is 2.16 bits per heavy atom. The van der Waals surface area contributed by atoms with E-state index in [9.17, 15) is 0 Å². The average molecular weight is 282 g/mol. The summed E-state index contributed by atoms with van der Waals surface area (Å²) in [6.07, 6.45) is 4.59. The van der Waals surface area contributed by atoms with Crippen molar-refractivity contribution in [1.82, 2.24) is 14.7 Å². The normalized spacial score (nSPS) is 13.3. The molecule has 2 N–H and O–H groups in total. The predicted octanol–water partition coefficient (Wildman–Crippen LogP) is 2.48. The monoisotopic (exact) mass is 281 g/mol. The minimum Gasteiger partial charge on any atom is -0.396 e. The predicted molar refractivity (Wildman–Crippen MR) is 77.4 cm³/mol. The summed E-state index contributed by atoms with van der Waals surface area (Å²) in [5.41, 5.74) is 1.87. The highest BCUT2D eigenvalue weighted by Crippen LogP contribution is 2.12. The summed E-state index contributed by atoms with van der Waals surface area (Å²) in [6, 6.07) is 4.04. The van der Waals surface area contributed by atoms with Gasteiger partial charge in [-0.3, -0.25) is 0 Å². The third-order valence-electron chi connectivity index (χ3n) is 3.26. The van der Waals surface area contributed by atoms with Crippen LogP contribution in [0.2, 0.25) is 5.02 Å². The van der Waals surface area contributed by atoms with Crippen LogP contribution in [0.1, 0.15) is 26.0 Å². The van der Waals surface area contributed by atoms with Gasteiger partial charge in [-0.2, -0.15) is 0 Å². The van der Waals surface area contributed by atoms with Crippen molar-refractivity contribution in [2.24, 2.45) is 5.92 Å². The summed E-state index contributed by atoms with van der Waals surface area (Å²) in [5, 5.41) is 13.2. The summed E-state index contributed by atoms with van der Waals surface area (Å²) in [4.78, 5) is 4.52. The summed E-state index contributed by atoms with van der Waals surface area (Å²) < 4.78 is 1.93. The molecule has 104 valence electrons. The number of aliphatic hydroxyl groups excluding tert-OH is 1. The van der Waals surface area contributed by atoms with Crippen LogP contribution in [0.5, 0.6) is 0 Å². The van der Waals surface area contributed by atoms with Gasteiger partial charge < -0.3 is 14.8 Å². The number of hydrogen-bond acceptors (Lipinski definition) is 3. The molecule has 1 unspecified atom stereocenters. The highest BCUT2D eigenvalue weighted by atomic mass is 35.5. The van der Waals surface area contributed by atoms with Crippen molar-refractivity contribution in [2.75, 3.05) is 6.61 Å². The number of nitrogens with zero attached hydrogens (tertiary/aromatic N) is 2. The fourth-order valence-electron chi connectivity index (χ4n) is 2.15. The molecule has 2 aromatic heterocycles. The number of halogens is 1. The Morgan fingerprint density at radius 1 is 1.37 bits per heavy atom. The minimum absolute atomic E-state index is 0.205. The van der Waals surface area contributed by atoms with Gasteiger partial charge in [0.15, 0.2) is 0 Å². The summed E-state index contributed by atoms with van der Waals surface area (Å²) in [5.74, 6) is 0.485. The van der Waals surface area contributed by atoms with Crippen molar-refractivity contribution in [3.63, 3.8) is 0 Å². The highest BCUT2D eigenvalue weighted by molar-refractivity contribution is 6.30. The lowest BCUT2D eigenvalue weighted by molar-refractivity contribution is 0.243. The van der Waals surface area contributed by atoms with Crippen LogP contribution in [-0.2, 0) is 6.54 Å². The van der Waals surface area contributed by atoms with Gasteiger partial charge in [-0.15, -0.1) is 0 Å². The van der Waals surface area contributed by atoms with Crippen molar-refractivity contribution in [3.05, 3.63) is 35.2 Å². The summed E-state index contributed by atoms with van der Waals surface area (Å²) >= 11 is 5.95. The number of rotatable bonds is 6. The number of pyridine rings is 1. The second-order valence-corrected chi connectivity index (χ2v) is 5.53. The largest absolute Gasteiger partial charge is 0.396 e. The van der Waals surface area contributed by atoms with Crippen LogP contribution < -0.4 is 5.32 Å². The maximum atomic E-state index is 9.05. The first-order chi connectivity index (χ1) is 9.10. The number of imidazole rings is 1. The van der Waals surface area contributed by atoms with Crippen molar-refractivity contribution in [2.45, 2.75) is 32.9 Å². The number of aromatic nitrogens is 2. The first-order valence-corrected chi connectivity index (χ1v) is 6.95.